The lowest BCUT2D eigenvalue weighted by Gasteiger charge is -2.26. The third-order valence-corrected chi connectivity index (χ3v) is 3.48. The van der Waals surface area contributed by atoms with E-state index < -0.39 is 40.6 Å². The van der Waals surface area contributed by atoms with Crippen molar-refractivity contribution in [2.45, 2.75) is 44.9 Å². The molecule has 7 nitrogen and oxygen atoms in total. The summed E-state index contributed by atoms with van der Waals surface area (Å²) in [5, 5.41) is 12.8. The van der Waals surface area contributed by atoms with Crippen molar-refractivity contribution >= 4 is 16.2 Å². The molecule has 1 aromatic carbocycles. The van der Waals surface area contributed by atoms with Gasteiger partial charge in [-0.15, -0.1) is 0 Å². The number of aliphatic hydroxyl groups is 1. The predicted octanol–water partition coefficient (Wildman–Crippen LogP) is 1.46. The molecule has 0 aliphatic carbocycles. The number of benzene rings is 1. The van der Waals surface area contributed by atoms with Gasteiger partial charge in [-0.05, 0) is 32.8 Å². The van der Waals surface area contributed by atoms with Crippen LogP contribution >= 0.6 is 0 Å². The normalized spacial score (nSPS) is 14.7. The Morgan fingerprint density at radius 2 is 1.83 bits per heavy atom. The van der Waals surface area contributed by atoms with Gasteiger partial charge in [-0.3, -0.25) is 4.18 Å². The number of ether oxygens (including phenoxy) is 1. The van der Waals surface area contributed by atoms with Gasteiger partial charge in [0.2, 0.25) is 0 Å². The summed E-state index contributed by atoms with van der Waals surface area (Å²) in [4.78, 5) is 12.0. The summed E-state index contributed by atoms with van der Waals surface area (Å²) >= 11 is 0. The number of carbonyl (C=O) groups excluding carboxylic acids is 1. The van der Waals surface area contributed by atoms with E-state index in [4.69, 9.17) is 4.74 Å². The number of alkyl carbamates (subject to hydrolysis) is 1. The molecule has 0 radical (unpaired) electrons. The van der Waals surface area contributed by atoms with E-state index in [0.29, 0.717) is 6.42 Å². The van der Waals surface area contributed by atoms with E-state index >= 15 is 0 Å². The maximum Gasteiger partial charge on any atom is 0.407 e. The fraction of sp³-hybridized carbons (Fsp3) is 0.562. The molecule has 0 unspecified atom stereocenters. The lowest BCUT2D eigenvalue weighted by atomic mass is 10.0. The summed E-state index contributed by atoms with van der Waals surface area (Å²) in [7, 11) is -3.69. The number of aliphatic hydroxyl groups excluding tert-OH is 1. The first kappa shape index (κ1) is 20.4. The Morgan fingerprint density at radius 3 is 2.33 bits per heavy atom. The molecular weight excluding hydrogens is 334 g/mol. The van der Waals surface area contributed by atoms with E-state index in [9.17, 15) is 18.3 Å². The monoisotopic (exact) mass is 359 g/mol. The standard InChI is InChI=1S/C16H25NO6S/c1-16(2,3)23-15(19)17-13(10-12-8-6-5-7-9-12)14(18)11-22-24(4,20)21/h5-9,13-14,18H,10-11H2,1-4H3,(H,17,19)/t13-,14+/m0/s1. The second-order valence-corrected chi connectivity index (χ2v) is 8.14. The van der Waals surface area contributed by atoms with E-state index in [-0.39, 0.29) is 0 Å². The van der Waals surface area contributed by atoms with Crippen molar-refractivity contribution in [2.75, 3.05) is 12.9 Å². The van der Waals surface area contributed by atoms with Gasteiger partial charge in [-0.25, -0.2) is 4.79 Å². The lowest BCUT2D eigenvalue weighted by Crippen LogP contribution is -2.48. The Hall–Kier alpha value is -1.64. The quantitative estimate of drug-likeness (QED) is 0.715. The fourth-order valence-corrected chi connectivity index (χ4v) is 2.31. The van der Waals surface area contributed by atoms with Gasteiger partial charge in [-0.2, -0.15) is 8.42 Å². The van der Waals surface area contributed by atoms with Gasteiger partial charge < -0.3 is 15.2 Å². The summed E-state index contributed by atoms with van der Waals surface area (Å²) in [6.07, 6.45) is -0.712. The molecule has 0 spiro atoms. The molecule has 0 heterocycles. The van der Waals surface area contributed by atoms with Crippen molar-refractivity contribution in [3.63, 3.8) is 0 Å². The highest BCUT2D eigenvalue weighted by molar-refractivity contribution is 7.85. The summed E-state index contributed by atoms with van der Waals surface area (Å²) in [6.45, 7) is 4.72. The SMILES string of the molecule is CC(C)(C)OC(=O)N[C@@H](Cc1ccccc1)[C@H](O)COS(C)(=O)=O. The Kier molecular flexibility index (Phi) is 7.19. The molecule has 1 aromatic rings. The third-order valence-electron chi connectivity index (χ3n) is 2.92. The molecule has 0 aliphatic rings. The van der Waals surface area contributed by atoms with E-state index in [2.05, 4.69) is 9.50 Å². The maximum atomic E-state index is 12.0. The fourth-order valence-electron chi connectivity index (χ4n) is 1.92. The van der Waals surface area contributed by atoms with Crippen molar-refractivity contribution in [1.82, 2.24) is 5.32 Å². The number of amides is 1. The van der Waals surface area contributed by atoms with Crippen LogP contribution in [0.2, 0.25) is 0 Å². The molecule has 1 amide bonds. The van der Waals surface area contributed by atoms with Crippen molar-refractivity contribution < 1.29 is 27.2 Å². The molecule has 2 N–H and O–H groups in total. The van der Waals surface area contributed by atoms with Crippen LogP contribution in [0.1, 0.15) is 26.3 Å². The minimum atomic E-state index is -3.69. The predicted molar refractivity (Wildman–Crippen MR) is 90.1 cm³/mol. The van der Waals surface area contributed by atoms with Crippen LogP contribution in [0, 0.1) is 0 Å². The van der Waals surface area contributed by atoms with Crippen molar-refractivity contribution in [2.24, 2.45) is 0 Å². The molecule has 0 aliphatic heterocycles. The Bertz CT molecular complexity index is 624. The van der Waals surface area contributed by atoms with E-state index in [1.165, 1.54) is 0 Å². The van der Waals surface area contributed by atoms with Gasteiger partial charge in [0.05, 0.1) is 25.0 Å². The van der Waals surface area contributed by atoms with Crippen molar-refractivity contribution in [3.05, 3.63) is 35.9 Å². The van der Waals surface area contributed by atoms with Gasteiger partial charge in [0, 0.05) is 0 Å². The van der Waals surface area contributed by atoms with Gasteiger partial charge in [0.25, 0.3) is 10.1 Å². The zero-order chi connectivity index (χ0) is 18.4. The molecule has 136 valence electrons. The smallest absolute Gasteiger partial charge is 0.407 e. The highest BCUT2D eigenvalue weighted by atomic mass is 32.2. The summed E-state index contributed by atoms with van der Waals surface area (Å²) < 4.78 is 32.0. The first-order valence-corrected chi connectivity index (χ1v) is 9.34. The van der Waals surface area contributed by atoms with Crippen molar-refractivity contribution in [3.8, 4) is 0 Å². The molecule has 0 fully saturated rings. The second-order valence-electron chi connectivity index (χ2n) is 6.50. The highest BCUT2D eigenvalue weighted by Gasteiger charge is 2.26. The van der Waals surface area contributed by atoms with Crippen molar-refractivity contribution in [1.29, 1.82) is 0 Å². The van der Waals surface area contributed by atoms with Crippen LogP contribution in [0.25, 0.3) is 0 Å². The Morgan fingerprint density at radius 1 is 1.25 bits per heavy atom. The molecule has 0 bridgehead atoms. The van der Waals surface area contributed by atoms with Crippen LogP contribution in [-0.2, 0) is 25.5 Å². The molecule has 0 aromatic heterocycles. The molecule has 1 rings (SSSR count). The second kappa shape index (κ2) is 8.46. The van der Waals surface area contributed by atoms with Crippen LogP contribution < -0.4 is 5.32 Å². The summed E-state index contributed by atoms with van der Waals surface area (Å²) in [5.74, 6) is 0. The van der Waals surface area contributed by atoms with Gasteiger partial charge in [-0.1, -0.05) is 30.3 Å². The van der Waals surface area contributed by atoms with E-state index in [1.54, 1.807) is 20.8 Å². The van der Waals surface area contributed by atoms with Gasteiger partial charge in [0.1, 0.15) is 5.60 Å². The Balaban J connectivity index is 2.80. The van der Waals surface area contributed by atoms with Gasteiger partial charge >= 0.3 is 6.09 Å². The maximum absolute atomic E-state index is 12.0. The third kappa shape index (κ3) is 8.85. The first-order chi connectivity index (χ1) is 11.0. The average molecular weight is 359 g/mol. The van der Waals surface area contributed by atoms with Crippen LogP contribution in [0.5, 0.6) is 0 Å². The van der Waals surface area contributed by atoms with E-state index in [1.807, 2.05) is 30.3 Å². The lowest BCUT2D eigenvalue weighted by molar-refractivity contribution is 0.0356. The average Bonchev–Trinajstić information content (AvgIpc) is 2.42. The minimum Gasteiger partial charge on any atom is -0.444 e. The Labute approximate surface area is 143 Å². The van der Waals surface area contributed by atoms with Crippen LogP contribution in [-0.4, -0.2) is 50.2 Å². The topological polar surface area (TPSA) is 102 Å². The van der Waals surface area contributed by atoms with E-state index in [0.717, 1.165) is 11.8 Å². The molecular formula is C16H25NO6S. The largest absolute Gasteiger partial charge is 0.444 e. The minimum absolute atomic E-state index is 0.300. The molecule has 8 heteroatoms. The molecule has 0 saturated carbocycles. The number of nitrogens with one attached hydrogen (secondary N) is 1. The zero-order valence-electron chi connectivity index (χ0n) is 14.4. The number of hydrogen-bond donors (Lipinski definition) is 2. The van der Waals surface area contributed by atoms with Crippen LogP contribution in [0.15, 0.2) is 30.3 Å². The van der Waals surface area contributed by atoms with Crippen LogP contribution in [0.4, 0.5) is 4.79 Å². The van der Waals surface area contributed by atoms with Gasteiger partial charge in [0.15, 0.2) is 0 Å². The summed E-state index contributed by atoms with van der Waals surface area (Å²) in [6, 6.07) is 8.44. The number of carbonyl (C=O) groups is 1. The number of rotatable bonds is 7. The number of hydrogen-bond acceptors (Lipinski definition) is 6. The zero-order valence-corrected chi connectivity index (χ0v) is 15.2. The molecule has 0 saturated heterocycles. The first-order valence-electron chi connectivity index (χ1n) is 7.52. The van der Waals surface area contributed by atoms with Crippen LogP contribution in [0.3, 0.4) is 0 Å². The molecule has 24 heavy (non-hydrogen) atoms. The molecule has 2 atom stereocenters. The highest BCUT2D eigenvalue weighted by Crippen LogP contribution is 2.11. The summed E-state index contributed by atoms with van der Waals surface area (Å²) in [5.41, 5.74) is 0.187.